The summed E-state index contributed by atoms with van der Waals surface area (Å²) in [5.74, 6) is 1.34. The molecule has 1 saturated heterocycles. The highest BCUT2D eigenvalue weighted by molar-refractivity contribution is 6.32. The number of carbonyl (C=O) groups is 1. The van der Waals surface area contributed by atoms with Crippen molar-refractivity contribution in [3.63, 3.8) is 0 Å². The van der Waals surface area contributed by atoms with Crippen LogP contribution in [-0.4, -0.2) is 24.6 Å². The van der Waals surface area contributed by atoms with Crippen molar-refractivity contribution in [2.75, 3.05) is 11.9 Å². The molecule has 1 aromatic carbocycles. The van der Waals surface area contributed by atoms with Crippen molar-refractivity contribution in [3.8, 4) is 5.75 Å². The molecule has 3 atom stereocenters. The Bertz CT molecular complexity index is 539. The minimum Gasteiger partial charge on any atom is -0.492 e. The van der Waals surface area contributed by atoms with Crippen LogP contribution < -0.4 is 15.4 Å². The van der Waals surface area contributed by atoms with Gasteiger partial charge in [-0.3, -0.25) is 4.79 Å². The highest BCUT2D eigenvalue weighted by Gasteiger charge is 2.38. The summed E-state index contributed by atoms with van der Waals surface area (Å²) in [6.45, 7) is 2.48. The van der Waals surface area contributed by atoms with Crippen LogP contribution in [0.25, 0.3) is 0 Å². The first kappa shape index (κ1) is 18.4. The molecule has 0 spiro atoms. The molecule has 1 saturated carbocycles. The van der Waals surface area contributed by atoms with Crippen molar-refractivity contribution < 1.29 is 9.53 Å². The fourth-order valence-electron chi connectivity index (χ4n) is 3.60. The monoisotopic (exact) mass is 358 g/mol. The van der Waals surface area contributed by atoms with E-state index in [9.17, 15) is 4.79 Å². The van der Waals surface area contributed by atoms with Gasteiger partial charge in [-0.25, -0.2) is 0 Å². The van der Waals surface area contributed by atoms with Crippen LogP contribution in [0.5, 0.6) is 5.75 Å². The fourth-order valence-corrected chi connectivity index (χ4v) is 3.84. The zero-order valence-electron chi connectivity index (χ0n) is 13.3. The van der Waals surface area contributed by atoms with Crippen LogP contribution in [0.4, 0.5) is 5.69 Å². The quantitative estimate of drug-likeness (QED) is 0.854. The number of rotatable bonds is 4. The molecule has 6 heteroatoms. The Labute approximate surface area is 148 Å². The van der Waals surface area contributed by atoms with E-state index in [4.69, 9.17) is 16.3 Å². The number of nitrogens with one attached hydrogen (secondary N) is 2. The molecule has 0 radical (unpaired) electrons. The SMILES string of the molecule is CCOc1ccc(NC(=O)C2CC3CCCCC3N2)cc1Cl.Cl. The van der Waals surface area contributed by atoms with Crippen molar-refractivity contribution in [3.05, 3.63) is 23.2 Å². The Morgan fingerprint density at radius 3 is 2.87 bits per heavy atom. The van der Waals surface area contributed by atoms with Gasteiger partial charge in [0.05, 0.1) is 17.7 Å². The molecule has 0 bridgehead atoms. The first-order valence-electron chi connectivity index (χ1n) is 8.16. The molecule has 128 valence electrons. The standard InChI is InChI=1S/C17H23ClN2O2.ClH/c1-2-22-16-8-7-12(10-13(16)18)19-17(21)15-9-11-5-3-4-6-14(11)20-15;/h7-8,10-11,14-15,20H,2-6,9H2,1H3,(H,19,21);1H. The molecule has 1 aliphatic heterocycles. The Morgan fingerprint density at radius 1 is 1.39 bits per heavy atom. The summed E-state index contributed by atoms with van der Waals surface area (Å²) < 4.78 is 5.40. The van der Waals surface area contributed by atoms with Gasteiger partial charge in [-0.05, 0) is 50.3 Å². The highest BCUT2D eigenvalue weighted by Crippen LogP contribution is 2.34. The van der Waals surface area contributed by atoms with E-state index in [-0.39, 0.29) is 24.4 Å². The van der Waals surface area contributed by atoms with Crippen LogP contribution >= 0.6 is 24.0 Å². The van der Waals surface area contributed by atoms with E-state index < -0.39 is 0 Å². The molecule has 4 nitrogen and oxygen atoms in total. The van der Waals surface area contributed by atoms with Gasteiger partial charge in [-0.2, -0.15) is 0 Å². The van der Waals surface area contributed by atoms with Gasteiger partial charge in [0.25, 0.3) is 0 Å². The number of fused-ring (bicyclic) bond motifs is 1. The lowest BCUT2D eigenvalue weighted by Crippen LogP contribution is -2.39. The van der Waals surface area contributed by atoms with Crippen molar-refractivity contribution in [2.24, 2.45) is 5.92 Å². The number of ether oxygens (including phenoxy) is 1. The van der Waals surface area contributed by atoms with Crippen LogP contribution in [0.15, 0.2) is 18.2 Å². The minimum absolute atomic E-state index is 0. The van der Waals surface area contributed by atoms with E-state index in [1.54, 1.807) is 12.1 Å². The Balaban J connectivity index is 0.00000192. The molecule has 1 amide bonds. The van der Waals surface area contributed by atoms with Gasteiger partial charge in [0.15, 0.2) is 0 Å². The molecule has 3 unspecified atom stereocenters. The second-order valence-corrected chi connectivity index (χ2v) is 6.58. The van der Waals surface area contributed by atoms with Crippen molar-refractivity contribution in [1.29, 1.82) is 0 Å². The summed E-state index contributed by atoms with van der Waals surface area (Å²) in [4.78, 5) is 12.4. The number of hydrogen-bond acceptors (Lipinski definition) is 3. The average molecular weight is 359 g/mol. The smallest absolute Gasteiger partial charge is 0.241 e. The summed E-state index contributed by atoms with van der Waals surface area (Å²) >= 11 is 6.16. The molecule has 2 aliphatic rings. The third-order valence-corrected chi connectivity index (χ3v) is 4.97. The molecular weight excluding hydrogens is 335 g/mol. The average Bonchev–Trinajstić information content (AvgIpc) is 2.94. The van der Waals surface area contributed by atoms with Crippen LogP contribution in [0.1, 0.15) is 39.0 Å². The second-order valence-electron chi connectivity index (χ2n) is 6.17. The van der Waals surface area contributed by atoms with Crippen molar-refractivity contribution in [1.82, 2.24) is 5.32 Å². The minimum atomic E-state index is -0.0848. The molecule has 1 aliphatic carbocycles. The van der Waals surface area contributed by atoms with Gasteiger partial charge in [0.2, 0.25) is 5.91 Å². The van der Waals surface area contributed by atoms with Gasteiger partial charge in [0, 0.05) is 11.7 Å². The third kappa shape index (κ3) is 4.31. The van der Waals surface area contributed by atoms with Gasteiger partial charge in [-0.1, -0.05) is 24.4 Å². The van der Waals surface area contributed by atoms with Crippen LogP contribution in [-0.2, 0) is 4.79 Å². The molecule has 3 rings (SSSR count). The first-order valence-corrected chi connectivity index (χ1v) is 8.54. The first-order chi connectivity index (χ1) is 10.7. The predicted molar refractivity (Wildman–Crippen MR) is 95.8 cm³/mol. The summed E-state index contributed by atoms with van der Waals surface area (Å²) in [6, 6.07) is 5.80. The van der Waals surface area contributed by atoms with Gasteiger partial charge in [0.1, 0.15) is 5.75 Å². The topological polar surface area (TPSA) is 50.4 Å². The normalized spacial score (nSPS) is 26.1. The zero-order chi connectivity index (χ0) is 15.5. The second kappa shape index (κ2) is 8.22. The summed E-state index contributed by atoms with van der Waals surface area (Å²) in [7, 11) is 0. The molecule has 2 N–H and O–H groups in total. The molecule has 23 heavy (non-hydrogen) atoms. The third-order valence-electron chi connectivity index (χ3n) is 4.68. The maximum Gasteiger partial charge on any atom is 0.241 e. The van der Waals surface area contributed by atoms with Gasteiger partial charge < -0.3 is 15.4 Å². The van der Waals surface area contributed by atoms with Gasteiger partial charge in [-0.15, -0.1) is 12.4 Å². The predicted octanol–water partition coefficient (Wildman–Crippen LogP) is 4.02. The summed E-state index contributed by atoms with van der Waals surface area (Å²) in [6.07, 6.45) is 5.96. The summed E-state index contributed by atoms with van der Waals surface area (Å²) in [5.41, 5.74) is 0.718. The van der Waals surface area contributed by atoms with Crippen molar-refractivity contribution in [2.45, 2.75) is 51.1 Å². The van der Waals surface area contributed by atoms with Gasteiger partial charge >= 0.3 is 0 Å². The van der Waals surface area contributed by atoms with E-state index in [0.29, 0.717) is 29.3 Å². The van der Waals surface area contributed by atoms with E-state index in [0.717, 1.165) is 12.1 Å². The van der Waals surface area contributed by atoms with E-state index in [1.807, 2.05) is 13.0 Å². The Morgan fingerprint density at radius 2 is 2.17 bits per heavy atom. The molecular formula is C17H24Cl2N2O2. The lowest BCUT2D eigenvalue weighted by atomic mass is 9.85. The van der Waals surface area contributed by atoms with Crippen LogP contribution in [0.2, 0.25) is 5.02 Å². The largest absolute Gasteiger partial charge is 0.492 e. The number of anilines is 1. The number of halogens is 2. The zero-order valence-corrected chi connectivity index (χ0v) is 14.9. The van der Waals surface area contributed by atoms with Crippen LogP contribution in [0.3, 0.4) is 0 Å². The highest BCUT2D eigenvalue weighted by atomic mass is 35.5. The maximum atomic E-state index is 12.4. The molecule has 2 fully saturated rings. The number of carbonyl (C=O) groups excluding carboxylic acids is 1. The fraction of sp³-hybridized carbons (Fsp3) is 0.588. The van der Waals surface area contributed by atoms with Crippen molar-refractivity contribution >= 4 is 35.6 Å². The Hall–Kier alpha value is -0.970. The Kier molecular flexibility index (Phi) is 6.57. The lowest BCUT2D eigenvalue weighted by molar-refractivity contribution is -0.117. The number of benzene rings is 1. The molecule has 1 heterocycles. The van der Waals surface area contributed by atoms with E-state index in [1.165, 1.54) is 25.7 Å². The van der Waals surface area contributed by atoms with Crippen LogP contribution in [0, 0.1) is 5.92 Å². The maximum absolute atomic E-state index is 12.4. The molecule has 0 aromatic heterocycles. The number of hydrogen-bond donors (Lipinski definition) is 2. The van der Waals surface area contributed by atoms with E-state index >= 15 is 0 Å². The number of amides is 1. The lowest BCUT2D eigenvalue weighted by Gasteiger charge is -2.24. The van der Waals surface area contributed by atoms with E-state index in [2.05, 4.69) is 10.6 Å². The molecule has 1 aromatic rings. The summed E-state index contributed by atoms with van der Waals surface area (Å²) in [5, 5.41) is 6.97.